The first kappa shape index (κ1) is 16.5. The van der Waals surface area contributed by atoms with Crippen molar-refractivity contribution in [3.8, 4) is 11.5 Å². The number of aliphatic carboxylic acids is 1. The first-order valence-electron chi connectivity index (χ1n) is 7.27. The molecule has 0 aliphatic carbocycles. The van der Waals surface area contributed by atoms with Gasteiger partial charge in [0.1, 0.15) is 12.3 Å². The van der Waals surface area contributed by atoms with Gasteiger partial charge in [0.25, 0.3) is 5.91 Å². The second kappa shape index (κ2) is 7.44. The number of amides is 1. The van der Waals surface area contributed by atoms with Crippen LogP contribution in [0.3, 0.4) is 0 Å². The third-order valence-electron chi connectivity index (χ3n) is 3.22. The van der Waals surface area contributed by atoms with E-state index in [0.717, 1.165) is 12.8 Å². The second-order valence-corrected chi connectivity index (χ2v) is 4.98. The Labute approximate surface area is 132 Å². The van der Waals surface area contributed by atoms with Gasteiger partial charge in [-0.3, -0.25) is 9.59 Å². The largest absolute Gasteiger partial charge is 0.505 e. The van der Waals surface area contributed by atoms with Crippen molar-refractivity contribution in [3.63, 3.8) is 0 Å². The monoisotopic (exact) mass is 318 g/mol. The molecule has 0 spiro atoms. The van der Waals surface area contributed by atoms with Crippen molar-refractivity contribution >= 4 is 22.6 Å². The molecule has 0 saturated heterocycles. The summed E-state index contributed by atoms with van der Waals surface area (Å²) in [5.74, 6) is -1.63. The van der Waals surface area contributed by atoms with E-state index in [1.807, 2.05) is 0 Å². The molecule has 0 unspecified atom stereocenters. The summed E-state index contributed by atoms with van der Waals surface area (Å²) in [6.07, 6.45) is 3.38. The summed E-state index contributed by atoms with van der Waals surface area (Å²) in [6.45, 7) is 2.08. The molecule has 0 fully saturated rings. The highest BCUT2D eigenvalue weighted by Crippen LogP contribution is 2.30. The van der Waals surface area contributed by atoms with Crippen LogP contribution in [0.2, 0.25) is 0 Å². The summed E-state index contributed by atoms with van der Waals surface area (Å²) >= 11 is 0. The topological polar surface area (TPSA) is 109 Å². The second-order valence-electron chi connectivity index (χ2n) is 4.98. The number of aromatic hydroxyl groups is 1. The standard InChI is InChI=1S/C16H18N2O5/c1-2-3-6-23-11-5-4-10-8-17-14(15(21)12(10)7-11)16(22)18-9-13(19)20/h4-5,7-8,21H,2-3,6,9H2,1H3,(H,18,22)(H,19,20). The first-order valence-corrected chi connectivity index (χ1v) is 7.27. The lowest BCUT2D eigenvalue weighted by Crippen LogP contribution is -2.29. The number of aromatic nitrogens is 1. The lowest BCUT2D eigenvalue weighted by atomic mass is 10.1. The number of hydrogen-bond donors (Lipinski definition) is 3. The van der Waals surface area contributed by atoms with Crippen LogP contribution in [0, 0.1) is 0 Å². The molecule has 3 N–H and O–H groups in total. The highest BCUT2D eigenvalue weighted by Gasteiger charge is 2.16. The molecule has 0 atom stereocenters. The summed E-state index contributed by atoms with van der Waals surface area (Å²) < 4.78 is 5.58. The van der Waals surface area contributed by atoms with Crippen LogP contribution in [0.4, 0.5) is 0 Å². The number of hydrogen-bond acceptors (Lipinski definition) is 5. The van der Waals surface area contributed by atoms with Crippen molar-refractivity contribution in [2.75, 3.05) is 13.2 Å². The van der Waals surface area contributed by atoms with E-state index in [9.17, 15) is 14.7 Å². The fourth-order valence-electron chi connectivity index (χ4n) is 2.01. The maximum Gasteiger partial charge on any atom is 0.322 e. The van der Waals surface area contributed by atoms with E-state index in [1.165, 1.54) is 6.20 Å². The number of benzene rings is 1. The van der Waals surface area contributed by atoms with Gasteiger partial charge in [-0.25, -0.2) is 4.98 Å². The predicted octanol–water partition coefficient (Wildman–Crippen LogP) is 1.93. The number of unbranched alkanes of at least 4 members (excludes halogenated alkanes) is 1. The number of pyridine rings is 1. The Bertz CT molecular complexity index is 730. The Balaban J connectivity index is 2.28. The number of carbonyl (C=O) groups excluding carboxylic acids is 1. The zero-order valence-corrected chi connectivity index (χ0v) is 12.7. The normalized spacial score (nSPS) is 10.5. The summed E-state index contributed by atoms with van der Waals surface area (Å²) in [7, 11) is 0. The fourth-order valence-corrected chi connectivity index (χ4v) is 2.01. The molecule has 122 valence electrons. The van der Waals surface area contributed by atoms with Crippen LogP contribution in [-0.2, 0) is 4.79 Å². The van der Waals surface area contributed by atoms with Gasteiger partial charge in [-0.05, 0) is 24.6 Å². The van der Waals surface area contributed by atoms with E-state index in [0.29, 0.717) is 23.1 Å². The van der Waals surface area contributed by atoms with Crippen molar-refractivity contribution in [2.24, 2.45) is 0 Å². The van der Waals surface area contributed by atoms with Crippen LogP contribution in [0.15, 0.2) is 24.4 Å². The molecule has 1 amide bonds. The lowest BCUT2D eigenvalue weighted by Gasteiger charge is -2.09. The molecule has 2 rings (SSSR count). The van der Waals surface area contributed by atoms with E-state index in [1.54, 1.807) is 18.2 Å². The average molecular weight is 318 g/mol. The summed E-state index contributed by atoms with van der Waals surface area (Å²) in [4.78, 5) is 26.3. The van der Waals surface area contributed by atoms with Crippen LogP contribution in [0.25, 0.3) is 10.8 Å². The summed E-state index contributed by atoms with van der Waals surface area (Å²) in [6, 6.07) is 5.14. The highest BCUT2D eigenvalue weighted by atomic mass is 16.5. The lowest BCUT2D eigenvalue weighted by molar-refractivity contribution is -0.135. The van der Waals surface area contributed by atoms with Crippen LogP contribution >= 0.6 is 0 Å². The molecule has 1 heterocycles. The molecule has 0 saturated carbocycles. The Morgan fingerprint density at radius 2 is 2.13 bits per heavy atom. The number of nitrogens with zero attached hydrogens (tertiary/aromatic N) is 1. The molecule has 7 heteroatoms. The molecule has 0 aliphatic heterocycles. The number of carboxylic acids is 1. The summed E-state index contributed by atoms with van der Waals surface area (Å²) in [5.41, 5.74) is -0.218. The van der Waals surface area contributed by atoms with Crippen molar-refractivity contribution in [3.05, 3.63) is 30.1 Å². The van der Waals surface area contributed by atoms with Crippen LogP contribution < -0.4 is 10.1 Å². The molecule has 1 aromatic heterocycles. The quantitative estimate of drug-likeness (QED) is 0.673. The zero-order chi connectivity index (χ0) is 16.8. The number of carbonyl (C=O) groups is 2. The molecule has 0 radical (unpaired) electrons. The minimum atomic E-state index is -1.18. The van der Waals surface area contributed by atoms with Crippen molar-refractivity contribution in [1.82, 2.24) is 10.3 Å². The molecule has 0 aliphatic rings. The van der Waals surface area contributed by atoms with E-state index >= 15 is 0 Å². The molecule has 7 nitrogen and oxygen atoms in total. The van der Waals surface area contributed by atoms with E-state index in [-0.39, 0.29) is 11.4 Å². The van der Waals surface area contributed by atoms with Gasteiger partial charge in [0, 0.05) is 17.0 Å². The number of fused-ring (bicyclic) bond motifs is 1. The van der Waals surface area contributed by atoms with Gasteiger partial charge in [0.2, 0.25) is 0 Å². The number of rotatable bonds is 7. The smallest absolute Gasteiger partial charge is 0.322 e. The van der Waals surface area contributed by atoms with Crippen molar-refractivity contribution < 1.29 is 24.5 Å². The first-order chi connectivity index (χ1) is 11.0. The van der Waals surface area contributed by atoms with Crippen molar-refractivity contribution in [1.29, 1.82) is 0 Å². The number of ether oxygens (including phenoxy) is 1. The van der Waals surface area contributed by atoms with Gasteiger partial charge < -0.3 is 20.3 Å². The van der Waals surface area contributed by atoms with Crippen LogP contribution in [0.5, 0.6) is 11.5 Å². The van der Waals surface area contributed by atoms with Gasteiger partial charge in [0.05, 0.1) is 6.61 Å². The van der Waals surface area contributed by atoms with Crippen LogP contribution in [-0.4, -0.2) is 40.2 Å². The average Bonchev–Trinajstić information content (AvgIpc) is 2.53. The molecular weight excluding hydrogens is 300 g/mol. The van der Waals surface area contributed by atoms with Gasteiger partial charge in [-0.15, -0.1) is 0 Å². The van der Waals surface area contributed by atoms with E-state index in [4.69, 9.17) is 9.84 Å². The zero-order valence-electron chi connectivity index (χ0n) is 12.7. The van der Waals surface area contributed by atoms with E-state index < -0.39 is 18.4 Å². The maximum absolute atomic E-state index is 11.9. The molecule has 0 bridgehead atoms. The fraction of sp³-hybridized carbons (Fsp3) is 0.312. The predicted molar refractivity (Wildman–Crippen MR) is 83.8 cm³/mol. The molecular formula is C16H18N2O5. The Morgan fingerprint density at radius 3 is 2.83 bits per heavy atom. The van der Waals surface area contributed by atoms with Gasteiger partial charge >= 0.3 is 5.97 Å². The van der Waals surface area contributed by atoms with E-state index in [2.05, 4.69) is 17.2 Å². The molecule has 1 aromatic carbocycles. The minimum Gasteiger partial charge on any atom is -0.505 e. The molecule has 23 heavy (non-hydrogen) atoms. The molecule has 2 aromatic rings. The SMILES string of the molecule is CCCCOc1ccc2cnc(C(=O)NCC(=O)O)c(O)c2c1. The van der Waals surface area contributed by atoms with Gasteiger partial charge in [0.15, 0.2) is 11.4 Å². The van der Waals surface area contributed by atoms with Crippen LogP contribution in [0.1, 0.15) is 30.3 Å². The summed E-state index contributed by atoms with van der Waals surface area (Å²) in [5, 5.41) is 22.1. The number of carboxylic acid groups (broad SMARTS) is 1. The number of nitrogens with one attached hydrogen (secondary N) is 1. The highest BCUT2D eigenvalue weighted by molar-refractivity contribution is 6.02. The van der Waals surface area contributed by atoms with Gasteiger partial charge in [-0.2, -0.15) is 0 Å². The third-order valence-corrected chi connectivity index (χ3v) is 3.22. The maximum atomic E-state index is 11.9. The Hall–Kier alpha value is -2.83. The van der Waals surface area contributed by atoms with Gasteiger partial charge in [-0.1, -0.05) is 13.3 Å². The minimum absolute atomic E-state index is 0.218. The third kappa shape index (κ3) is 4.09. The Kier molecular flexibility index (Phi) is 5.35. The Morgan fingerprint density at radius 1 is 1.35 bits per heavy atom. The van der Waals surface area contributed by atoms with Crippen molar-refractivity contribution in [2.45, 2.75) is 19.8 Å².